The fourth-order valence-corrected chi connectivity index (χ4v) is 7.95. The van der Waals surface area contributed by atoms with Gasteiger partial charge in [0, 0.05) is 18.5 Å². The molecule has 0 aliphatic carbocycles. The number of benzene rings is 2. The van der Waals surface area contributed by atoms with Gasteiger partial charge in [0.05, 0.1) is 27.6 Å². The molecule has 1 fully saturated rings. The van der Waals surface area contributed by atoms with E-state index in [1.54, 1.807) is 19.9 Å². The quantitative estimate of drug-likeness (QED) is 0.557. The first-order chi connectivity index (χ1) is 15.5. The number of rotatable bonds is 5. The van der Waals surface area contributed by atoms with Crippen molar-refractivity contribution >= 4 is 48.5 Å². The van der Waals surface area contributed by atoms with Crippen LogP contribution in [0.15, 0.2) is 58.3 Å². The maximum Gasteiger partial charge on any atom is 0.355 e. The van der Waals surface area contributed by atoms with E-state index in [1.165, 1.54) is 42.5 Å². The molecule has 2 atom stereocenters. The van der Waals surface area contributed by atoms with Gasteiger partial charge < -0.3 is 9.84 Å². The summed E-state index contributed by atoms with van der Waals surface area (Å²) in [5, 5.41) is 9.84. The van der Waals surface area contributed by atoms with Gasteiger partial charge in [-0.2, -0.15) is 4.31 Å². The molecule has 2 heterocycles. The number of aromatic nitrogens is 1. The minimum absolute atomic E-state index is 0.0196. The summed E-state index contributed by atoms with van der Waals surface area (Å²) in [5.41, 5.74) is -1.04. The van der Waals surface area contributed by atoms with Crippen LogP contribution in [0.25, 0.3) is 10.9 Å². The molecule has 4 rings (SSSR count). The van der Waals surface area contributed by atoms with Crippen LogP contribution in [0.3, 0.4) is 0 Å². The van der Waals surface area contributed by atoms with Crippen LogP contribution in [0.2, 0.25) is 5.02 Å². The normalized spacial score (nSPS) is 20.2. The smallest absolute Gasteiger partial charge is 0.355 e. The van der Waals surface area contributed by atoms with Crippen LogP contribution in [0.4, 0.5) is 0 Å². The van der Waals surface area contributed by atoms with Gasteiger partial charge in [0.2, 0.25) is 10.0 Å². The summed E-state index contributed by atoms with van der Waals surface area (Å²) in [4.78, 5) is 11.6. The Bertz CT molecular complexity index is 1440. The molecule has 0 saturated carbocycles. The van der Waals surface area contributed by atoms with Gasteiger partial charge in [-0.15, -0.1) is 0 Å². The van der Waals surface area contributed by atoms with E-state index in [2.05, 4.69) is 0 Å². The van der Waals surface area contributed by atoms with E-state index >= 15 is 0 Å². The largest absolute Gasteiger partial charge is 0.477 e. The molecule has 1 aliphatic heterocycles. The molecule has 0 spiro atoms. The Morgan fingerprint density at radius 2 is 1.58 bits per heavy atom. The average molecular weight is 513 g/mol. The molecule has 1 saturated heterocycles. The molecule has 9 nitrogen and oxygen atoms in total. The Morgan fingerprint density at radius 3 is 2.15 bits per heavy atom. The number of carboxylic acids is 1. The molecule has 0 radical (unpaired) electrons. The average Bonchev–Trinajstić information content (AvgIpc) is 3.12. The van der Waals surface area contributed by atoms with E-state index in [4.69, 9.17) is 16.3 Å². The summed E-state index contributed by atoms with van der Waals surface area (Å²) in [7, 11) is -8.95. The van der Waals surface area contributed by atoms with Crippen molar-refractivity contribution in [2.24, 2.45) is 0 Å². The fraction of sp³-hybridized carbons (Fsp3) is 0.286. The van der Waals surface area contributed by atoms with Crippen LogP contribution < -0.4 is 0 Å². The van der Waals surface area contributed by atoms with Gasteiger partial charge in [-0.1, -0.05) is 35.9 Å². The fourth-order valence-electron chi connectivity index (χ4n) is 4.08. The molecule has 12 heteroatoms. The molecule has 2 unspecified atom stereocenters. The zero-order valence-corrected chi connectivity index (χ0v) is 20.1. The maximum atomic E-state index is 13.8. The third-order valence-corrected chi connectivity index (χ3v) is 9.26. The minimum atomic E-state index is -4.48. The SMILES string of the molecule is CC1CN(S(=O)(=O)c2c(C(=O)O)n(S(=O)(=O)c3ccccc3)c3cccc(Cl)c23)CC(C)O1. The minimum Gasteiger partial charge on any atom is -0.477 e. The number of carbonyl (C=O) groups is 1. The van der Waals surface area contributed by atoms with E-state index < -0.39 is 48.8 Å². The van der Waals surface area contributed by atoms with Crippen LogP contribution in [0.1, 0.15) is 24.3 Å². The van der Waals surface area contributed by atoms with Crippen molar-refractivity contribution in [3.8, 4) is 0 Å². The summed E-state index contributed by atoms with van der Waals surface area (Å²) in [6.07, 6.45) is -0.873. The van der Waals surface area contributed by atoms with Crippen molar-refractivity contribution in [1.29, 1.82) is 0 Å². The second kappa shape index (κ2) is 8.41. The Balaban J connectivity index is 2.11. The second-order valence-corrected chi connectivity index (χ2v) is 11.8. The monoisotopic (exact) mass is 512 g/mol. The Hall–Kier alpha value is -2.44. The molecule has 0 bridgehead atoms. The number of fused-ring (bicyclic) bond motifs is 1. The molecule has 3 aromatic rings. The zero-order valence-electron chi connectivity index (χ0n) is 17.7. The molecular formula is C21H21ClN2O7S2. The van der Waals surface area contributed by atoms with Crippen molar-refractivity contribution < 1.29 is 31.5 Å². The first-order valence-corrected chi connectivity index (χ1v) is 13.2. The molecule has 33 heavy (non-hydrogen) atoms. The molecule has 0 amide bonds. The van der Waals surface area contributed by atoms with Gasteiger partial charge in [0.1, 0.15) is 4.90 Å². The number of sulfonamides is 1. The van der Waals surface area contributed by atoms with E-state index in [0.717, 1.165) is 4.31 Å². The lowest BCUT2D eigenvalue weighted by Crippen LogP contribution is -2.48. The Kier molecular flexibility index (Phi) is 6.04. The van der Waals surface area contributed by atoms with Gasteiger partial charge in [-0.25, -0.2) is 25.6 Å². The summed E-state index contributed by atoms with van der Waals surface area (Å²) in [6, 6.07) is 11.3. The number of morpholine rings is 1. The van der Waals surface area contributed by atoms with Gasteiger partial charge in [0.15, 0.2) is 5.69 Å². The summed E-state index contributed by atoms with van der Waals surface area (Å²) >= 11 is 6.34. The Labute approximate surface area is 196 Å². The van der Waals surface area contributed by atoms with Gasteiger partial charge in [-0.3, -0.25) is 0 Å². The molecule has 176 valence electrons. The van der Waals surface area contributed by atoms with Crippen molar-refractivity contribution in [2.45, 2.75) is 35.8 Å². The highest BCUT2D eigenvalue weighted by atomic mass is 35.5. The third-order valence-electron chi connectivity index (χ3n) is 5.32. The summed E-state index contributed by atoms with van der Waals surface area (Å²) < 4.78 is 61.9. The van der Waals surface area contributed by atoms with Crippen LogP contribution >= 0.6 is 11.6 Å². The van der Waals surface area contributed by atoms with Crippen molar-refractivity contribution in [2.75, 3.05) is 13.1 Å². The number of aromatic carboxylic acids is 1. The zero-order chi connectivity index (χ0) is 24.1. The van der Waals surface area contributed by atoms with Crippen LogP contribution in [0, 0.1) is 0 Å². The number of hydrogen-bond donors (Lipinski definition) is 1. The highest BCUT2D eigenvalue weighted by molar-refractivity contribution is 7.91. The third kappa shape index (κ3) is 3.93. The van der Waals surface area contributed by atoms with E-state index in [1.807, 2.05) is 0 Å². The topological polar surface area (TPSA) is 123 Å². The molecule has 1 aromatic heterocycles. The number of ether oxygens (including phenoxy) is 1. The van der Waals surface area contributed by atoms with Crippen molar-refractivity contribution in [1.82, 2.24) is 8.28 Å². The van der Waals surface area contributed by atoms with Crippen molar-refractivity contribution in [3.63, 3.8) is 0 Å². The van der Waals surface area contributed by atoms with Gasteiger partial charge in [-0.05, 0) is 38.1 Å². The molecule has 1 N–H and O–H groups in total. The van der Waals surface area contributed by atoms with Crippen LogP contribution in [-0.4, -0.2) is 61.5 Å². The van der Waals surface area contributed by atoms with Crippen molar-refractivity contribution in [3.05, 3.63) is 59.2 Å². The molecular weight excluding hydrogens is 492 g/mol. The lowest BCUT2D eigenvalue weighted by atomic mass is 10.2. The molecule has 2 aromatic carbocycles. The van der Waals surface area contributed by atoms with Gasteiger partial charge >= 0.3 is 5.97 Å². The summed E-state index contributed by atoms with van der Waals surface area (Å²) in [6.45, 7) is 3.36. The number of carboxylic acid groups (broad SMARTS) is 1. The summed E-state index contributed by atoms with van der Waals surface area (Å²) in [5.74, 6) is -1.71. The predicted molar refractivity (Wildman–Crippen MR) is 122 cm³/mol. The van der Waals surface area contributed by atoms with Crippen LogP contribution in [0.5, 0.6) is 0 Å². The Morgan fingerprint density at radius 1 is 0.970 bits per heavy atom. The standard InChI is InChI=1S/C21H21ClN2O7S2/c1-13-11-23(12-14(2)31-13)33(29,30)20-18-16(22)9-6-10-17(18)24(19(20)21(25)26)32(27,28)15-7-4-3-5-8-15/h3-10,13-14H,11-12H2,1-2H3,(H,25,26). The lowest BCUT2D eigenvalue weighted by molar-refractivity contribution is -0.0440. The molecule has 1 aliphatic rings. The highest BCUT2D eigenvalue weighted by Crippen LogP contribution is 2.39. The van der Waals surface area contributed by atoms with Gasteiger partial charge in [0.25, 0.3) is 10.0 Å². The first kappa shape index (κ1) is 23.7. The highest BCUT2D eigenvalue weighted by Gasteiger charge is 2.41. The first-order valence-electron chi connectivity index (χ1n) is 9.98. The predicted octanol–water partition coefficient (Wildman–Crippen LogP) is 3.03. The number of hydrogen-bond acceptors (Lipinski definition) is 6. The van der Waals surface area contributed by atoms with E-state index in [0.29, 0.717) is 3.97 Å². The van der Waals surface area contributed by atoms with Crippen LogP contribution in [-0.2, 0) is 24.8 Å². The lowest BCUT2D eigenvalue weighted by Gasteiger charge is -2.34. The van der Waals surface area contributed by atoms with E-state index in [9.17, 15) is 26.7 Å². The number of nitrogens with zero attached hydrogens (tertiary/aromatic N) is 2. The maximum absolute atomic E-state index is 13.8. The van der Waals surface area contributed by atoms with E-state index in [-0.39, 0.29) is 33.9 Å². The second-order valence-electron chi connectivity index (χ2n) is 7.78. The number of halogens is 1.